The van der Waals surface area contributed by atoms with E-state index in [1.54, 1.807) is 15.4 Å². The number of hydrogen-bond donors (Lipinski definition) is 0. The molecule has 30 heavy (non-hydrogen) atoms. The van der Waals surface area contributed by atoms with Gasteiger partial charge in [0.15, 0.2) is 17.1 Å². The maximum atomic E-state index is 13.1. The Bertz CT molecular complexity index is 1370. The van der Waals surface area contributed by atoms with Gasteiger partial charge in [-0.2, -0.15) is 5.10 Å². The molecule has 7 heteroatoms. The van der Waals surface area contributed by atoms with Crippen LogP contribution in [0.3, 0.4) is 0 Å². The van der Waals surface area contributed by atoms with Crippen LogP contribution in [-0.2, 0) is 6.54 Å². The molecule has 7 nitrogen and oxygen atoms in total. The normalized spacial score (nSPS) is 16.2. The number of para-hydroxylation sites is 1. The first-order valence-corrected chi connectivity index (χ1v) is 9.92. The Labute approximate surface area is 171 Å². The highest BCUT2D eigenvalue weighted by atomic mass is 16.6. The van der Waals surface area contributed by atoms with Crippen molar-refractivity contribution in [3.63, 3.8) is 0 Å². The van der Waals surface area contributed by atoms with Crippen LogP contribution in [0.25, 0.3) is 28.4 Å². The molecule has 0 N–H and O–H groups in total. The third-order valence-corrected chi connectivity index (χ3v) is 5.49. The van der Waals surface area contributed by atoms with Crippen molar-refractivity contribution in [1.29, 1.82) is 0 Å². The van der Waals surface area contributed by atoms with E-state index in [0.29, 0.717) is 36.6 Å². The summed E-state index contributed by atoms with van der Waals surface area (Å²) < 4.78 is 14.8. The summed E-state index contributed by atoms with van der Waals surface area (Å²) in [7, 11) is 0. The SMILES string of the molecule is O=c1c2cnn(-c3ccccc3)c2nc2n1CC/C2=C\c1ccc2c(c1)OCCO2. The summed E-state index contributed by atoms with van der Waals surface area (Å²) in [4.78, 5) is 17.9. The quantitative estimate of drug-likeness (QED) is 0.518. The number of benzene rings is 2. The van der Waals surface area contributed by atoms with Gasteiger partial charge in [-0.1, -0.05) is 24.3 Å². The lowest BCUT2D eigenvalue weighted by atomic mass is 10.1. The lowest BCUT2D eigenvalue weighted by Crippen LogP contribution is -2.20. The lowest BCUT2D eigenvalue weighted by molar-refractivity contribution is 0.171. The van der Waals surface area contributed by atoms with E-state index < -0.39 is 0 Å². The standard InChI is InChI=1S/C23H18N4O3/c28-23-18-14-24-27(17-4-2-1-3-5-17)22(18)25-21-16(8-9-26(21)23)12-15-6-7-19-20(13-15)30-11-10-29-19/h1-7,12-14H,8-11H2/b16-12+. The average molecular weight is 398 g/mol. The van der Waals surface area contributed by atoms with Gasteiger partial charge in [-0.25, -0.2) is 9.67 Å². The molecule has 0 spiro atoms. The molecule has 6 rings (SSSR count). The van der Waals surface area contributed by atoms with Gasteiger partial charge in [-0.3, -0.25) is 9.36 Å². The minimum Gasteiger partial charge on any atom is -0.486 e. The van der Waals surface area contributed by atoms with Gasteiger partial charge in [0.1, 0.15) is 24.4 Å². The first-order chi connectivity index (χ1) is 14.8. The fraction of sp³-hybridized carbons (Fsp3) is 0.174. The molecule has 0 saturated carbocycles. The van der Waals surface area contributed by atoms with Crippen molar-refractivity contribution in [3.8, 4) is 17.2 Å². The molecule has 0 aliphatic carbocycles. The molecule has 0 fully saturated rings. The Morgan fingerprint density at radius 1 is 1.00 bits per heavy atom. The minimum atomic E-state index is -0.0530. The van der Waals surface area contributed by atoms with Crippen molar-refractivity contribution in [2.24, 2.45) is 0 Å². The third-order valence-electron chi connectivity index (χ3n) is 5.49. The van der Waals surface area contributed by atoms with Crippen molar-refractivity contribution in [2.75, 3.05) is 13.2 Å². The number of fused-ring (bicyclic) bond motifs is 3. The maximum Gasteiger partial charge on any atom is 0.264 e. The number of aromatic nitrogens is 4. The predicted molar refractivity (Wildman–Crippen MR) is 113 cm³/mol. The molecule has 2 aromatic carbocycles. The predicted octanol–water partition coefficient (Wildman–Crippen LogP) is 3.30. The zero-order valence-electron chi connectivity index (χ0n) is 16.1. The van der Waals surface area contributed by atoms with E-state index in [0.717, 1.165) is 34.7 Å². The van der Waals surface area contributed by atoms with E-state index in [9.17, 15) is 4.79 Å². The van der Waals surface area contributed by atoms with Crippen LogP contribution in [0.15, 0.2) is 59.5 Å². The molecule has 2 aliphatic rings. The highest BCUT2D eigenvalue weighted by molar-refractivity contribution is 5.84. The summed E-state index contributed by atoms with van der Waals surface area (Å²) in [6.45, 7) is 1.73. The molecule has 0 radical (unpaired) electrons. The summed E-state index contributed by atoms with van der Waals surface area (Å²) >= 11 is 0. The van der Waals surface area contributed by atoms with Crippen molar-refractivity contribution in [3.05, 3.63) is 76.5 Å². The van der Waals surface area contributed by atoms with Gasteiger partial charge in [-0.15, -0.1) is 0 Å². The molecule has 0 saturated heterocycles. The molecular weight excluding hydrogens is 380 g/mol. The van der Waals surface area contributed by atoms with Crippen LogP contribution >= 0.6 is 0 Å². The van der Waals surface area contributed by atoms with Crippen molar-refractivity contribution < 1.29 is 9.47 Å². The number of hydrogen-bond acceptors (Lipinski definition) is 5. The summed E-state index contributed by atoms with van der Waals surface area (Å²) in [5, 5.41) is 4.95. The first kappa shape index (κ1) is 17.0. The number of rotatable bonds is 2. The molecular formula is C23H18N4O3. The highest BCUT2D eigenvalue weighted by Gasteiger charge is 2.23. The van der Waals surface area contributed by atoms with Crippen LogP contribution in [0.1, 0.15) is 17.8 Å². The summed E-state index contributed by atoms with van der Waals surface area (Å²) in [6.07, 6.45) is 4.42. The smallest absolute Gasteiger partial charge is 0.264 e. The van der Waals surface area contributed by atoms with Crippen molar-refractivity contribution in [2.45, 2.75) is 13.0 Å². The molecule has 148 valence electrons. The van der Waals surface area contributed by atoms with Crippen molar-refractivity contribution in [1.82, 2.24) is 19.3 Å². The molecule has 0 bridgehead atoms. The van der Waals surface area contributed by atoms with E-state index in [2.05, 4.69) is 11.2 Å². The molecule has 0 unspecified atom stereocenters. The van der Waals surface area contributed by atoms with E-state index in [-0.39, 0.29) is 5.56 Å². The van der Waals surface area contributed by atoms with Crippen LogP contribution in [0, 0.1) is 0 Å². The van der Waals surface area contributed by atoms with Gasteiger partial charge in [0.05, 0.1) is 11.9 Å². The molecule has 0 atom stereocenters. The largest absolute Gasteiger partial charge is 0.486 e. The number of nitrogens with zero attached hydrogens (tertiary/aromatic N) is 4. The summed E-state index contributed by atoms with van der Waals surface area (Å²) in [6, 6.07) is 15.6. The average Bonchev–Trinajstić information content (AvgIpc) is 3.40. The van der Waals surface area contributed by atoms with Crippen LogP contribution in [0.2, 0.25) is 0 Å². The van der Waals surface area contributed by atoms with Gasteiger partial charge in [0.25, 0.3) is 5.56 Å². The van der Waals surface area contributed by atoms with Crippen LogP contribution < -0.4 is 15.0 Å². The van der Waals surface area contributed by atoms with Crippen LogP contribution in [0.4, 0.5) is 0 Å². The second kappa shape index (κ2) is 6.59. The second-order valence-corrected chi connectivity index (χ2v) is 7.34. The number of allylic oxidation sites excluding steroid dienone is 1. The van der Waals surface area contributed by atoms with Gasteiger partial charge >= 0.3 is 0 Å². The Morgan fingerprint density at radius 3 is 2.70 bits per heavy atom. The summed E-state index contributed by atoms with van der Waals surface area (Å²) in [5.74, 6) is 2.20. The van der Waals surface area contributed by atoms with E-state index in [4.69, 9.17) is 14.5 Å². The topological polar surface area (TPSA) is 71.2 Å². The van der Waals surface area contributed by atoms with Gasteiger partial charge in [-0.05, 0) is 47.9 Å². The highest BCUT2D eigenvalue weighted by Crippen LogP contribution is 2.33. The zero-order chi connectivity index (χ0) is 20.1. The number of ether oxygens (including phenoxy) is 2. The van der Waals surface area contributed by atoms with Crippen LogP contribution in [0.5, 0.6) is 11.5 Å². The Balaban J connectivity index is 1.48. The van der Waals surface area contributed by atoms with Gasteiger partial charge in [0, 0.05) is 6.54 Å². The zero-order valence-corrected chi connectivity index (χ0v) is 16.1. The second-order valence-electron chi connectivity index (χ2n) is 7.34. The lowest BCUT2D eigenvalue weighted by Gasteiger charge is -2.18. The third kappa shape index (κ3) is 2.62. The van der Waals surface area contributed by atoms with Gasteiger partial charge in [0.2, 0.25) is 0 Å². The minimum absolute atomic E-state index is 0.0530. The molecule has 2 aromatic heterocycles. The monoisotopic (exact) mass is 398 g/mol. The Kier molecular flexibility index (Phi) is 3.74. The Morgan fingerprint density at radius 2 is 1.83 bits per heavy atom. The van der Waals surface area contributed by atoms with Crippen LogP contribution in [-0.4, -0.2) is 32.5 Å². The fourth-order valence-corrected chi connectivity index (χ4v) is 4.05. The summed E-state index contributed by atoms with van der Waals surface area (Å²) in [5.41, 5.74) is 3.41. The molecule has 2 aliphatic heterocycles. The van der Waals surface area contributed by atoms with E-state index in [1.807, 2.05) is 48.5 Å². The molecule has 4 heterocycles. The Hall–Kier alpha value is -3.87. The van der Waals surface area contributed by atoms with E-state index in [1.165, 1.54) is 0 Å². The van der Waals surface area contributed by atoms with Crippen molar-refractivity contribution >= 4 is 22.7 Å². The van der Waals surface area contributed by atoms with E-state index >= 15 is 0 Å². The maximum absolute atomic E-state index is 13.1. The molecule has 0 amide bonds. The first-order valence-electron chi connectivity index (χ1n) is 9.92. The molecule has 4 aromatic rings. The van der Waals surface area contributed by atoms with Gasteiger partial charge < -0.3 is 9.47 Å². The fourth-order valence-electron chi connectivity index (χ4n) is 4.05.